The van der Waals surface area contributed by atoms with Crippen LogP contribution >= 0.6 is 11.6 Å². The Bertz CT molecular complexity index is 683. The average Bonchev–Trinajstić information content (AvgIpc) is 3.41. The summed E-state index contributed by atoms with van der Waals surface area (Å²) < 4.78 is 0. The Morgan fingerprint density at radius 1 is 1.20 bits per heavy atom. The first-order valence-corrected chi connectivity index (χ1v) is 9.33. The highest BCUT2D eigenvalue weighted by molar-refractivity contribution is 6.34. The van der Waals surface area contributed by atoms with Crippen LogP contribution in [-0.2, 0) is 0 Å². The van der Waals surface area contributed by atoms with Crippen molar-refractivity contribution in [2.45, 2.75) is 51.0 Å². The third kappa shape index (κ3) is 5.49. The van der Waals surface area contributed by atoms with E-state index in [4.69, 9.17) is 11.6 Å². The molecule has 25 heavy (non-hydrogen) atoms. The summed E-state index contributed by atoms with van der Waals surface area (Å²) in [6.07, 6.45) is 10.0. The topological polar surface area (TPSA) is 70.2 Å². The second-order valence-electron chi connectivity index (χ2n) is 6.68. The van der Waals surface area contributed by atoms with Crippen molar-refractivity contribution in [2.75, 3.05) is 11.9 Å². The molecule has 134 valence electrons. The van der Waals surface area contributed by atoms with E-state index in [2.05, 4.69) is 22.0 Å². The fraction of sp³-hybridized carbons (Fsp3) is 0.474. The van der Waals surface area contributed by atoms with E-state index < -0.39 is 0 Å². The first-order chi connectivity index (χ1) is 12.1. The maximum Gasteiger partial charge on any atom is 0.319 e. The summed E-state index contributed by atoms with van der Waals surface area (Å²) in [5.41, 5.74) is 2.37. The number of amides is 3. The molecule has 6 heteroatoms. The first-order valence-electron chi connectivity index (χ1n) is 8.95. The van der Waals surface area contributed by atoms with Crippen molar-refractivity contribution in [2.24, 2.45) is 0 Å². The number of carbonyl (C=O) groups excluding carboxylic acids is 2. The van der Waals surface area contributed by atoms with Gasteiger partial charge in [0.1, 0.15) is 0 Å². The number of nitrogens with one attached hydrogen (secondary N) is 3. The van der Waals surface area contributed by atoms with Gasteiger partial charge in [0.05, 0.1) is 10.6 Å². The molecule has 5 nitrogen and oxygen atoms in total. The van der Waals surface area contributed by atoms with Gasteiger partial charge < -0.3 is 16.0 Å². The van der Waals surface area contributed by atoms with Crippen molar-refractivity contribution < 1.29 is 9.59 Å². The molecule has 3 rings (SSSR count). The van der Waals surface area contributed by atoms with Crippen LogP contribution in [0.15, 0.2) is 29.8 Å². The van der Waals surface area contributed by atoms with E-state index >= 15 is 0 Å². The Kier molecular flexibility index (Phi) is 5.97. The third-order valence-corrected chi connectivity index (χ3v) is 4.83. The lowest BCUT2D eigenvalue weighted by atomic mass is 9.97. The molecule has 3 amide bonds. The van der Waals surface area contributed by atoms with Crippen molar-refractivity contribution in [1.82, 2.24) is 10.6 Å². The number of urea groups is 1. The van der Waals surface area contributed by atoms with Gasteiger partial charge in [-0.05, 0) is 63.1 Å². The Balaban J connectivity index is 1.50. The zero-order chi connectivity index (χ0) is 17.6. The van der Waals surface area contributed by atoms with Gasteiger partial charge in [-0.2, -0.15) is 0 Å². The van der Waals surface area contributed by atoms with Crippen LogP contribution in [0.5, 0.6) is 0 Å². The number of halogens is 1. The summed E-state index contributed by atoms with van der Waals surface area (Å²) in [4.78, 5) is 24.2. The van der Waals surface area contributed by atoms with Crippen LogP contribution in [-0.4, -0.2) is 24.5 Å². The van der Waals surface area contributed by atoms with Gasteiger partial charge in [-0.25, -0.2) is 4.79 Å². The minimum Gasteiger partial charge on any atom is -0.349 e. The maximum atomic E-state index is 12.2. The Labute approximate surface area is 153 Å². The zero-order valence-electron chi connectivity index (χ0n) is 14.2. The summed E-state index contributed by atoms with van der Waals surface area (Å²) in [5, 5.41) is 8.91. The molecule has 0 heterocycles. The number of hydrogen-bond acceptors (Lipinski definition) is 2. The van der Waals surface area contributed by atoms with Crippen molar-refractivity contribution in [1.29, 1.82) is 0 Å². The molecule has 0 saturated heterocycles. The molecule has 0 spiro atoms. The molecule has 1 fully saturated rings. The third-order valence-electron chi connectivity index (χ3n) is 4.50. The van der Waals surface area contributed by atoms with E-state index in [1.165, 1.54) is 18.4 Å². The lowest BCUT2D eigenvalue weighted by molar-refractivity contribution is 0.0951. The van der Waals surface area contributed by atoms with Crippen LogP contribution in [0.25, 0.3) is 0 Å². The normalized spacial score (nSPS) is 16.8. The van der Waals surface area contributed by atoms with Gasteiger partial charge in [0.15, 0.2) is 0 Å². The standard InChI is InChI=1S/C19H24ClN3O2/c20-17-9-8-15(12-16(17)18(24)22-14-6-7-14)23-19(25)21-11-10-13-4-2-1-3-5-13/h4,8-9,12,14H,1-3,5-7,10-11H2,(H,22,24)(H2,21,23,25). The molecule has 2 aliphatic rings. The van der Waals surface area contributed by atoms with E-state index in [1.807, 2.05) is 0 Å². The summed E-state index contributed by atoms with van der Waals surface area (Å²) >= 11 is 6.11. The van der Waals surface area contributed by atoms with Crippen molar-refractivity contribution in [3.8, 4) is 0 Å². The lowest BCUT2D eigenvalue weighted by Gasteiger charge is -2.13. The average molecular weight is 362 g/mol. The molecule has 1 aromatic carbocycles. The molecule has 0 unspecified atom stereocenters. The van der Waals surface area contributed by atoms with Crippen molar-refractivity contribution in [3.05, 3.63) is 40.4 Å². The molecule has 0 atom stereocenters. The number of allylic oxidation sites excluding steroid dienone is 1. The quantitative estimate of drug-likeness (QED) is 0.663. The first kappa shape index (κ1) is 17.8. The van der Waals surface area contributed by atoms with E-state index in [1.54, 1.807) is 18.2 Å². The summed E-state index contributed by atoms with van der Waals surface area (Å²) in [7, 11) is 0. The molecule has 2 aliphatic carbocycles. The molecular weight excluding hydrogens is 338 g/mol. The lowest BCUT2D eigenvalue weighted by Crippen LogP contribution is -2.30. The van der Waals surface area contributed by atoms with Crippen LogP contribution in [0.3, 0.4) is 0 Å². The van der Waals surface area contributed by atoms with Gasteiger partial charge in [0.2, 0.25) is 0 Å². The fourth-order valence-corrected chi connectivity index (χ4v) is 3.11. The van der Waals surface area contributed by atoms with Crippen LogP contribution < -0.4 is 16.0 Å². The van der Waals surface area contributed by atoms with Crippen molar-refractivity contribution >= 4 is 29.2 Å². The summed E-state index contributed by atoms with van der Waals surface area (Å²) in [6, 6.07) is 4.93. The van der Waals surface area contributed by atoms with Gasteiger partial charge in [0, 0.05) is 18.3 Å². The number of anilines is 1. The second kappa shape index (κ2) is 8.39. The SMILES string of the molecule is O=C(NCCC1=CCCCC1)Nc1ccc(Cl)c(C(=O)NC2CC2)c1. The Hall–Kier alpha value is -2.01. The Morgan fingerprint density at radius 3 is 2.76 bits per heavy atom. The fourth-order valence-electron chi connectivity index (χ4n) is 2.91. The molecule has 0 aromatic heterocycles. The summed E-state index contributed by atoms with van der Waals surface area (Å²) in [6.45, 7) is 0.611. The highest BCUT2D eigenvalue weighted by Crippen LogP contribution is 2.24. The smallest absolute Gasteiger partial charge is 0.319 e. The molecular formula is C19H24ClN3O2. The summed E-state index contributed by atoms with van der Waals surface area (Å²) in [5.74, 6) is -0.194. The molecule has 1 aromatic rings. The van der Waals surface area contributed by atoms with Crippen LogP contribution in [0, 0.1) is 0 Å². The predicted molar refractivity (Wildman–Crippen MR) is 100 cm³/mol. The van der Waals surface area contributed by atoms with Crippen LogP contribution in [0.2, 0.25) is 5.02 Å². The van der Waals surface area contributed by atoms with Crippen LogP contribution in [0.4, 0.5) is 10.5 Å². The molecule has 0 bridgehead atoms. The van der Waals surface area contributed by atoms with Crippen LogP contribution in [0.1, 0.15) is 55.3 Å². The molecule has 3 N–H and O–H groups in total. The number of benzene rings is 1. The maximum absolute atomic E-state index is 12.2. The number of carbonyl (C=O) groups is 2. The number of hydrogen-bond donors (Lipinski definition) is 3. The molecule has 0 radical (unpaired) electrons. The van der Waals surface area contributed by atoms with E-state index in [0.717, 1.165) is 32.1 Å². The second-order valence-corrected chi connectivity index (χ2v) is 7.09. The van der Waals surface area contributed by atoms with Gasteiger partial charge in [-0.1, -0.05) is 23.3 Å². The Morgan fingerprint density at radius 2 is 2.04 bits per heavy atom. The number of rotatable bonds is 6. The van der Waals surface area contributed by atoms with Gasteiger partial charge >= 0.3 is 6.03 Å². The molecule has 0 aliphatic heterocycles. The van der Waals surface area contributed by atoms with Gasteiger partial charge in [0.25, 0.3) is 5.91 Å². The highest BCUT2D eigenvalue weighted by atomic mass is 35.5. The van der Waals surface area contributed by atoms with E-state index in [0.29, 0.717) is 22.8 Å². The van der Waals surface area contributed by atoms with E-state index in [9.17, 15) is 9.59 Å². The van der Waals surface area contributed by atoms with Crippen molar-refractivity contribution in [3.63, 3.8) is 0 Å². The predicted octanol–water partition coefficient (Wildman–Crippen LogP) is 4.24. The monoisotopic (exact) mass is 361 g/mol. The van der Waals surface area contributed by atoms with Gasteiger partial charge in [-0.3, -0.25) is 4.79 Å². The minimum absolute atomic E-state index is 0.194. The van der Waals surface area contributed by atoms with E-state index in [-0.39, 0.29) is 18.0 Å². The zero-order valence-corrected chi connectivity index (χ0v) is 15.0. The minimum atomic E-state index is -0.271. The van der Waals surface area contributed by atoms with Gasteiger partial charge in [-0.15, -0.1) is 0 Å². The largest absolute Gasteiger partial charge is 0.349 e. The highest BCUT2D eigenvalue weighted by Gasteiger charge is 2.24. The molecule has 1 saturated carbocycles.